The van der Waals surface area contributed by atoms with Crippen molar-refractivity contribution in [3.63, 3.8) is 0 Å². The molecule has 0 amide bonds. The van der Waals surface area contributed by atoms with E-state index in [1.165, 1.54) is 21.5 Å². The molecule has 0 aliphatic rings. The molecule has 0 atom stereocenters. The van der Waals surface area contributed by atoms with Crippen molar-refractivity contribution in [1.29, 1.82) is 0 Å². The van der Waals surface area contributed by atoms with Crippen LogP contribution in [0.15, 0.2) is 394 Å². The summed E-state index contributed by atoms with van der Waals surface area (Å²) in [4.78, 5) is 9.59. The fourth-order valence-electron chi connectivity index (χ4n) is 12.5. The number of anilines is 14. The number of hydrogen-bond acceptors (Lipinski definition) is 5. The van der Waals surface area contributed by atoms with Crippen LogP contribution in [0.1, 0.15) is 0 Å². The zero-order valence-corrected chi connectivity index (χ0v) is 58.9. The molecule has 97 heavy (non-hydrogen) atoms. The van der Waals surface area contributed by atoms with Gasteiger partial charge in [0.15, 0.2) is 0 Å². The van der Waals surface area contributed by atoms with Gasteiger partial charge in [-0.2, -0.15) is 0 Å². The average molecular weight is 1510 g/mol. The molecule has 5 nitrogen and oxygen atoms in total. The minimum atomic E-state index is 1.05. The van der Waals surface area contributed by atoms with Gasteiger partial charge in [-0.1, -0.05) is 238 Å². The van der Waals surface area contributed by atoms with Crippen LogP contribution < -0.4 is 24.9 Å². The second-order valence-electron chi connectivity index (χ2n) is 23.0. The molecule has 0 radical (unpaired) electrons. The highest BCUT2D eigenvalue weighted by molar-refractivity contribution is 9.11. The second kappa shape index (κ2) is 30.1. The van der Waals surface area contributed by atoms with Crippen LogP contribution in [0.4, 0.5) is 79.6 Å². The first kappa shape index (κ1) is 63.9. The Morgan fingerprint density at radius 3 is 0.660 bits per heavy atom. The van der Waals surface area contributed by atoms with Crippen molar-refractivity contribution in [3.05, 3.63) is 394 Å². The molecule has 0 saturated heterocycles. The molecule has 0 spiro atoms. The van der Waals surface area contributed by atoms with E-state index >= 15 is 0 Å². The predicted molar refractivity (Wildman–Crippen MR) is 429 cm³/mol. The zero-order valence-electron chi connectivity index (χ0n) is 52.6. The van der Waals surface area contributed by atoms with Crippen LogP contribution in [0.25, 0.3) is 43.1 Å². The molecular formula is C88H63Br4N5. The van der Waals surface area contributed by atoms with Crippen molar-refractivity contribution in [2.75, 3.05) is 24.9 Å². The summed E-state index contributed by atoms with van der Waals surface area (Å²) < 4.78 is 4.42. The maximum Gasteiger partial charge on any atom is 0.0620 e. The molecule has 16 aromatic carbocycles. The highest BCUT2D eigenvalue weighted by Crippen LogP contribution is 2.54. The average Bonchev–Trinajstić information content (AvgIpc) is 0.721. The summed E-state index contributed by atoms with van der Waals surface area (Å²) in [6, 6.07) is 133. The summed E-state index contributed by atoms with van der Waals surface area (Å²) in [5, 5.41) is 12.5. The van der Waals surface area contributed by atoms with E-state index in [2.05, 4.69) is 404 Å². The van der Waals surface area contributed by atoms with Crippen molar-refractivity contribution in [2.24, 2.45) is 0 Å². The van der Waals surface area contributed by atoms with Crippen LogP contribution in [-0.2, 0) is 0 Å². The number of para-hydroxylation sites is 10. The predicted octanol–water partition coefficient (Wildman–Crippen LogP) is 28.3. The van der Waals surface area contributed by atoms with Gasteiger partial charge in [-0.05, 0) is 223 Å². The molecular weight excluding hydrogens is 1450 g/mol. The van der Waals surface area contributed by atoms with Crippen LogP contribution >= 0.6 is 63.7 Å². The van der Waals surface area contributed by atoms with Gasteiger partial charge in [0.2, 0.25) is 0 Å². The van der Waals surface area contributed by atoms with Crippen LogP contribution in [0.5, 0.6) is 0 Å². The lowest BCUT2D eigenvalue weighted by molar-refractivity contribution is 1.27. The standard InChI is InChI=1S/C62H46N4.C14H6Br4.C12H11N/c1-9-25-47(26-10-1)63(48-27-11-2-12-28-48)55-41-43-57-59(45-55)61(65(51-33-17-5-18-34-51)52-35-19-6-20-36-52)58-44-42-56(64(49-29-13-3-14-30-49)50-31-15-4-16-32-50)46-60(58)62(57)66(53-37-21-7-22-38-53)54-39-23-8-24-40-54;15-7-1-3-9-11(5-7)14(18)10-4-2-8(16)6-12(10)13(9)17;1-3-7-11(8-4-1)13-12-9-5-2-6-10-12/h1-46H;1-6H;1-10,13H. The normalized spacial score (nSPS) is 10.9. The molecule has 9 heteroatoms. The largest absolute Gasteiger partial charge is 0.356 e. The minimum absolute atomic E-state index is 1.05. The molecule has 0 bridgehead atoms. The van der Waals surface area contributed by atoms with Crippen LogP contribution in [0.3, 0.4) is 0 Å². The fraction of sp³-hybridized carbons (Fsp3) is 0. The van der Waals surface area contributed by atoms with Gasteiger partial charge in [0.1, 0.15) is 0 Å². The van der Waals surface area contributed by atoms with E-state index in [0.717, 1.165) is 119 Å². The van der Waals surface area contributed by atoms with Crippen LogP contribution in [0.2, 0.25) is 0 Å². The molecule has 1 N–H and O–H groups in total. The lowest BCUT2D eigenvalue weighted by Crippen LogP contribution is -2.16. The van der Waals surface area contributed by atoms with Crippen LogP contribution in [0, 0.1) is 0 Å². The number of nitrogens with zero attached hydrogens (tertiary/aromatic N) is 4. The van der Waals surface area contributed by atoms with E-state index in [4.69, 9.17) is 0 Å². The molecule has 0 saturated carbocycles. The van der Waals surface area contributed by atoms with E-state index in [-0.39, 0.29) is 0 Å². The Hall–Kier alpha value is -10.5. The second-order valence-corrected chi connectivity index (χ2v) is 26.5. The SMILES string of the molecule is Brc1ccc2c(Br)c3cc(Br)ccc3c(Br)c2c1.c1ccc(N(c2ccccc2)c2ccc3c(N(c4ccccc4)c4ccccc4)c4cc(N(c5ccccc5)c5ccccc5)ccc4c(N(c4ccccc4)c4ccccc4)c3c2)cc1.c1ccc(Nc2ccccc2)cc1. The first-order chi connectivity index (χ1) is 47.8. The first-order valence-corrected chi connectivity index (χ1v) is 35.2. The smallest absolute Gasteiger partial charge is 0.0620 e. The van der Waals surface area contributed by atoms with Gasteiger partial charge in [-0.15, -0.1) is 0 Å². The summed E-state index contributed by atoms with van der Waals surface area (Å²) in [6.07, 6.45) is 0. The third-order valence-corrected chi connectivity index (χ3v) is 19.5. The minimum Gasteiger partial charge on any atom is -0.356 e. The summed E-state index contributed by atoms with van der Waals surface area (Å²) in [5.41, 5.74) is 15.1. The van der Waals surface area contributed by atoms with Gasteiger partial charge in [0.25, 0.3) is 0 Å². The number of benzene rings is 16. The summed E-state index contributed by atoms with van der Waals surface area (Å²) in [7, 11) is 0. The summed E-state index contributed by atoms with van der Waals surface area (Å²) in [5.74, 6) is 0. The lowest BCUT2D eigenvalue weighted by atomic mass is 9.94. The molecule has 16 aromatic rings. The molecule has 468 valence electrons. The van der Waals surface area contributed by atoms with Gasteiger partial charge >= 0.3 is 0 Å². The maximum atomic E-state index is 3.72. The van der Waals surface area contributed by atoms with Crippen molar-refractivity contribution in [3.8, 4) is 0 Å². The van der Waals surface area contributed by atoms with E-state index in [0.29, 0.717) is 0 Å². The van der Waals surface area contributed by atoms with E-state index < -0.39 is 0 Å². The number of nitrogens with one attached hydrogen (secondary N) is 1. The van der Waals surface area contributed by atoms with Crippen molar-refractivity contribution in [1.82, 2.24) is 0 Å². The van der Waals surface area contributed by atoms with Gasteiger partial charge in [0, 0.05) is 108 Å². The highest BCUT2D eigenvalue weighted by atomic mass is 79.9. The van der Waals surface area contributed by atoms with Gasteiger partial charge < -0.3 is 24.9 Å². The number of rotatable bonds is 14. The molecule has 0 fully saturated rings. The molecule has 16 rings (SSSR count). The quantitative estimate of drug-likeness (QED) is 0.0864. The molecule has 0 aliphatic heterocycles. The Kier molecular flexibility index (Phi) is 19.8. The van der Waals surface area contributed by atoms with E-state index in [1.54, 1.807) is 0 Å². The molecule has 0 unspecified atom stereocenters. The van der Waals surface area contributed by atoms with Crippen molar-refractivity contribution < 1.29 is 0 Å². The summed E-state index contributed by atoms with van der Waals surface area (Å²) >= 11 is 14.5. The third-order valence-electron chi connectivity index (χ3n) is 16.9. The Morgan fingerprint density at radius 2 is 0.402 bits per heavy atom. The molecule has 0 heterocycles. The fourth-order valence-corrected chi connectivity index (χ4v) is 14.6. The van der Waals surface area contributed by atoms with E-state index in [9.17, 15) is 0 Å². The van der Waals surface area contributed by atoms with Crippen molar-refractivity contribution >= 4 is 186 Å². The number of halogens is 4. The van der Waals surface area contributed by atoms with Crippen LogP contribution in [-0.4, -0.2) is 0 Å². The molecule has 0 aromatic heterocycles. The van der Waals surface area contributed by atoms with E-state index in [1.807, 2.05) is 60.7 Å². The summed E-state index contributed by atoms with van der Waals surface area (Å²) in [6.45, 7) is 0. The first-order valence-electron chi connectivity index (χ1n) is 32.0. The van der Waals surface area contributed by atoms with Gasteiger partial charge in [-0.3, -0.25) is 0 Å². The third kappa shape index (κ3) is 14.1. The molecule has 0 aliphatic carbocycles. The Bertz CT molecular complexity index is 4790. The van der Waals surface area contributed by atoms with Gasteiger partial charge in [-0.25, -0.2) is 0 Å². The topological polar surface area (TPSA) is 25.0 Å². The Labute approximate surface area is 600 Å². The monoisotopic (exact) mass is 1510 g/mol. The Morgan fingerprint density at radius 1 is 0.175 bits per heavy atom. The van der Waals surface area contributed by atoms with Gasteiger partial charge in [0.05, 0.1) is 11.4 Å². The number of fused-ring (bicyclic) bond motifs is 4. The van der Waals surface area contributed by atoms with Crippen molar-refractivity contribution in [2.45, 2.75) is 0 Å². The zero-order chi connectivity index (χ0) is 65.9. The lowest BCUT2D eigenvalue weighted by Gasteiger charge is -2.34. The Balaban J connectivity index is 0.000000211. The highest BCUT2D eigenvalue weighted by Gasteiger charge is 2.28. The number of hydrogen-bond donors (Lipinski definition) is 1. The maximum absolute atomic E-state index is 3.72.